The molecule has 0 unspecified atom stereocenters. The Kier molecular flexibility index (Phi) is 5.31. The Hall–Kier alpha value is -4.27. The molecule has 0 radical (unpaired) electrons. The van der Waals surface area contributed by atoms with Crippen LogP contribution < -0.4 is 16.6 Å². The Bertz CT molecular complexity index is 1420. The summed E-state index contributed by atoms with van der Waals surface area (Å²) in [6.07, 6.45) is 1.61. The first-order valence-electron chi connectivity index (χ1n) is 9.97. The number of benzene rings is 2. The van der Waals surface area contributed by atoms with Crippen molar-refractivity contribution in [3.8, 4) is 5.69 Å². The van der Waals surface area contributed by atoms with E-state index in [-0.39, 0.29) is 6.54 Å². The number of primary amides is 1. The summed E-state index contributed by atoms with van der Waals surface area (Å²) < 4.78 is 2.73. The second-order valence-electron chi connectivity index (χ2n) is 7.65. The highest BCUT2D eigenvalue weighted by molar-refractivity contribution is 5.94. The van der Waals surface area contributed by atoms with Gasteiger partial charge < -0.3 is 11.1 Å². The monoisotopic (exact) mass is 430 g/mol. The second-order valence-corrected chi connectivity index (χ2v) is 7.65. The summed E-state index contributed by atoms with van der Waals surface area (Å²) in [6, 6.07) is 12.1. The number of carbonyl (C=O) groups is 2. The maximum atomic E-state index is 13.2. The van der Waals surface area contributed by atoms with Crippen LogP contribution in [0, 0.1) is 20.8 Å². The molecule has 0 saturated heterocycles. The average Bonchev–Trinajstić information content (AvgIpc) is 3.18. The van der Waals surface area contributed by atoms with E-state index in [9.17, 15) is 14.4 Å². The van der Waals surface area contributed by atoms with Crippen LogP contribution in [0.2, 0.25) is 0 Å². The number of nitrogens with zero attached hydrogens (tertiary/aromatic N) is 4. The lowest BCUT2D eigenvalue weighted by Crippen LogP contribution is -2.31. The van der Waals surface area contributed by atoms with Crippen LogP contribution in [0.1, 0.15) is 27.2 Å². The first kappa shape index (κ1) is 21.0. The molecule has 0 aliphatic carbocycles. The molecule has 2 amide bonds. The van der Waals surface area contributed by atoms with Crippen molar-refractivity contribution in [2.75, 3.05) is 5.32 Å². The van der Waals surface area contributed by atoms with Gasteiger partial charge in [-0.05, 0) is 56.7 Å². The zero-order chi connectivity index (χ0) is 23.0. The van der Waals surface area contributed by atoms with Crippen LogP contribution in [0.4, 0.5) is 5.69 Å². The van der Waals surface area contributed by atoms with Crippen LogP contribution in [0.3, 0.4) is 0 Å². The third-order valence-electron chi connectivity index (χ3n) is 5.19. The SMILES string of the molecule is Cc1ccc(-n2ncc3c(C)nn(CC(=O)Nc4ccc(C(N)=O)cc4)c(=O)c32)c(C)c1. The van der Waals surface area contributed by atoms with E-state index in [1.165, 1.54) is 12.1 Å². The number of hydrogen-bond acceptors (Lipinski definition) is 5. The molecule has 32 heavy (non-hydrogen) atoms. The predicted molar refractivity (Wildman–Crippen MR) is 121 cm³/mol. The van der Waals surface area contributed by atoms with E-state index >= 15 is 0 Å². The standard InChI is InChI=1S/C23H22N6O3/c1-13-4-9-19(14(2)10-13)29-21-18(11-25-29)15(3)27-28(23(21)32)12-20(30)26-17-7-5-16(6-8-17)22(24)31/h4-11H,12H2,1-3H3,(H2,24,31)(H,26,30). The highest BCUT2D eigenvalue weighted by atomic mass is 16.2. The summed E-state index contributed by atoms with van der Waals surface area (Å²) in [6.45, 7) is 5.45. The lowest BCUT2D eigenvalue weighted by atomic mass is 10.1. The predicted octanol–water partition coefficient (Wildman–Crippen LogP) is 2.25. The minimum atomic E-state index is -0.553. The molecule has 0 aliphatic rings. The van der Waals surface area contributed by atoms with E-state index in [1.54, 1.807) is 29.9 Å². The number of hydrogen-bond donors (Lipinski definition) is 2. The number of nitrogens with one attached hydrogen (secondary N) is 1. The molecule has 0 spiro atoms. The molecule has 0 aliphatic heterocycles. The van der Waals surface area contributed by atoms with Gasteiger partial charge in [0.15, 0.2) is 0 Å². The normalized spacial score (nSPS) is 11.0. The summed E-state index contributed by atoms with van der Waals surface area (Å²) in [5.41, 5.74) is 9.46. The molecule has 0 saturated carbocycles. The highest BCUT2D eigenvalue weighted by Crippen LogP contribution is 2.20. The molecular formula is C23H22N6O3. The van der Waals surface area contributed by atoms with Crippen molar-refractivity contribution < 1.29 is 9.59 Å². The van der Waals surface area contributed by atoms with Crippen LogP contribution in [0.15, 0.2) is 53.5 Å². The van der Waals surface area contributed by atoms with Crippen LogP contribution >= 0.6 is 0 Å². The molecule has 9 heteroatoms. The molecule has 162 valence electrons. The molecule has 0 fully saturated rings. The van der Waals surface area contributed by atoms with Crippen LogP contribution in [-0.4, -0.2) is 31.4 Å². The number of aromatic nitrogens is 4. The fourth-order valence-electron chi connectivity index (χ4n) is 3.61. The maximum Gasteiger partial charge on any atom is 0.293 e. The highest BCUT2D eigenvalue weighted by Gasteiger charge is 2.17. The minimum absolute atomic E-state index is 0.273. The van der Waals surface area contributed by atoms with Crippen molar-refractivity contribution in [1.29, 1.82) is 0 Å². The second kappa shape index (κ2) is 8.10. The molecule has 2 heterocycles. The number of aryl methyl sites for hydroxylation is 3. The lowest BCUT2D eigenvalue weighted by molar-refractivity contribution is -0.117. The van der Waals surface area contributed by atoms with Gasteiger partial charge in [-0.1, -0.05) is 17.7 Å². The van der Waals surface area contributed by atoms with E-state index < -0.39 is 17.4 Å². The van der Waals surface area contributed by atoms with Gasteiger partial charge in [0.1, 0.15) is 12.1 Å². The Morgan fingerprint density at radius 2 is 1.78 bits per heavy atom. The van der Waals surface area contributed by atoms with Gasteiger partial charge in [-0.15, -0.1) is 0 Å². The molecule has 2 aromatic heterocycles. The quantitative estimate of drug-likeness (QED) is 0.502. The van der Waals surface area contributed by atoms with Gasteiger partial charge >= 0.3 is 0 Å². The summed E-state index contributed by atoms with van der Waals surface area (Å²) in [5, 5.41) is 12.0. The van der Waals surface area contributed by atoms with E-state index in [2.05, 4.69) is 15.5 Å². The molecular weight excluding hydrogens is 408 g/mol. The molecule has 3 N–H and O–H groups in total. The van der Waals surface area contributed by atoms with Crippen molar-refractivity contribution in [2.24, 2.45) is 5.73 Å². The van der Waals surface area contributed by atoms with Crippen LogP contribution in [0.5, 0.6) is 0 Å². The van der Waals surface area contributed by atoms with Gasteiger partial charge in [-0.25, -0.2) is 9.36 Å². The molecule has 0 bridgehead atoms. The maximum absolute atomic E-state index is 13.2. The molecule has 4 rings (SSSR count). The van der Waals surface area contributed by atoms with Crippen molar-refractivity contribution in [2.45, 2.75) is 27.3 Å². The van der Waals surface area contributed by atoms with E-state index in [0.29, 0.717) is 27.8 Å². The fourth-order valence-corrected chi connectivity index (χ4v) is 3.61. The number of fused-ring (bicyclic) bond motifs is 1. The van der Waals surface area contributed by atoms with E-state index in [1.807, 2.05) is 32.0 Å². The van der Waals surface area contributed by atoms with Gasteiger partial charge in [0, 0.05) is 16.6 Å². The molecule has 4 aromatic rings. The number of carbonyl (C=O) groups excluding carboxylic acids is 2. The zero-order valence-electron chi connectivity index (χ0n) is 17.9. The van der Waals surface area contributed by atoms with Crippen LogP contribution in [0.25, 0.3) is 16.6 Å². The summed E-state index contributed by atoms with van der Waals surface area (Å²) >= 11 is 0. The average molecular weight is 430 g/mol. The number of amides is 2. The zero-order valence-corrected chi connectivity index (χ0v) is 17.9. The Morgan fingerprint density at radius 1 is 1.06 bits per heavy atom. The Labute approximate surface area is 183 Å². The van der Waals surface area contributed by atoms with Gasteiger partial charge in [-0.2, -0.15) is 10.2 Å². The summed E-state index contributed by atoms with van der Waals surface area (Å²) in [4.78, 5) is 37.0. The summed E-state index contributed by atoms with van der Waals surface area (Å²) in [5.74, 6) is -0.981. The topological polar surface area (TPSA) is 125 Å². The van der Waals surface area contributed by atoms with Gasteiger partial charge in [0.25, 0.3) is 5.56 Å². The van der Waals surface area contributed by atoms with Crippen molar-refractivity contribution in [3.63, 3.8) is 0 Å². The third kappa shape index (κ3) is 3.87. The lowest BCUT2D eigenvalue weighted by Gasteiger charge is -2.11. The first-order chi connectivity index (χ1) is 15.2. The van der Waals surface area contributed by atoms with Gasteiger partial charge in [0.2, 0.25) is 11.8 Å². The fraction of sp³-hybridized carbons (Fsp3) is 0.174. The van der Waals surface area contributed by atoms with E-state index in [4.69, 9.17) is 5.73 Å². The van der Waals surface area contributed by atoms with Crippen molar-refractivity contribution >= 4 is 28.4 Å². The van der Waals surface area contributed by atoms with Crippen molar-refractivity contribution in [3.05, 3.63) is 81.4 Å². The number of rotatable bonds is 5. The number of nitrogens with two attached hydrogens (primary N) is 1. The van der Waals surface area contributed by atoms with Gasteiger partial charge in [-0.3, -0.25) is 14.4 Å². The molecule has 2 aromatic carbocycles. The summed E-state index contributed by atoms with van der Waals surface area (Å²) in [7, 11) is 0. The smallest absolute Gasteiger partial charge is 0.293 e. The van der Waals surface area contributed by atoms with Gasteiger partial charge in [0.05, 0.1) is 17.6 Å². The molecule has 0 atom stereocenters. The largest absolute Gasteiger partial charge is 0.366 e. The Balaban J connectivity index is 1.67. The van der Waals surface area contributed by atoms with Crippen LogP contribution in [-0.2, 0) is 11.3 Å². The van der Waals surface area contributed by atoms with Crippen molar-refractivity contribution in [1.82, 2.24) is 19.6 Å². The van der Waals surface area contributed by atoms with E-state index in [0.717, 1.165) is 21.5 Å². The third-order valence-corrected chi connectivity index (χ3v) is 5.19. The first-order valence-corrected chi connectivity index (χ1v) is 9.97. The Morgan fingerprint density at radius 3 is 2.44 bits per heavy atom. The molecule has 9 nitrogen and oxygen atoms in total. The minimum Gasteiger partial charge on any atom is -0.366 e. The number of anilines is 1.